The molecule has 0 aliphatic heterocycles. The number of benzene rings is 2. The number of anilines is 1. The maximum Gasteiger partial charge on any atom is 0.344 e. The van der Waals surface area contributed by atoms with E-state index in [-0.39, 0.29) is 5.75 Å². The molecule has 26 heavy (non-hydrogen) atoms. The lowest BCUT2D eigenvalue weighted by molar-refractivity contribution is -0.149. The van der Waals surface area contributed by atoms with Crippen LogP contribution in [-0.4, -0.2) is 30.8 Å². The van der Waals surface area contributed by atoms with E-state index in [1.54, 1.807) is 6.07 Å². The van der Waals surface area contributed by atoms with E-state index in [4.69, 9.17) is 9.47 Å². The highest BCUT2D eigenvalue weighted by Gasteiger charge is 2.11. The lowest BCUT2D eigenvalue weighted by Gasteiger charge is -2.08. The molecule has 0 heterocycles. The zero-order valence-corrected chi connectivity index (χ0v) is 14.1. The third-order valence-electron chi connectivity index (χ3n) is 2.91. The molecule has 2 rings (SSSR count). The Hall–Kier alpha value is -2.68. The van der Waals surface area contributed by atoms with Gasteiger partial charge in [-0.05, 0) is 36.4 Å². The fraction of sp³-hybridized carbons (Fsp3) is 0.176. The predicted octanol–water partition coefficient (Wildman–Crippen LogP) is 3.70. The summed E-state index contributed by atoms with van der Waals surface area (Å²) in [7, 11) is 0. The summed E-state index contributed by atoms with van der Waals surface area (Å²) in [6.07, 6.45) is 0. The summed E-state index contributed by atoms with van der Waals surface area (Å²) < 4.78 is 47.4. The lowest BCUT2D eigenvalue weighted by Crippen LogP contribution is -2.23. The molecule has 0 aliphatic rings. The van der Waals surface area contributed by atoms with E-state index in [2.05, 4.69) is 5.32 Å². The molecule has 5 nitrogen and oxygen atoms in total. The van der Waals surface area contributed by atoms with Crippen LogP contribution < -0.4 is 10.1 Å². The Kier molecular flexibility index (Phi) is 7.34. The minimum absolute atomic E-state index is 0.101. The molecule has 9 heteroatoms. The molecular weight excluding hydrogens is 371 g/mol. The SMILES string of the molecule is O=C(COC(=O)COc1ccccc1F)Nc1ccc(SC(F)F)cc1. The number of thioether (sulfide) groups is 1. The maximum atomic E-state index is 13.3. The fourth-order valence-corrected chi connectivity index (χ4v) is 2.30. The highest BCUT2D eigenvalue weighted by molar-refractivity contribution is 7.99. The highest BCUT2D eigenvalue weighted by atomic mass is 32.2. The molecule has 1 N–H and O–H groups in total. The van der Waals surface area contributed by atoms with Crippen LogP contribution in [0.5, 0.6) is 5.75 Å². The van der Waals surface area contributed by atoms with Crippen LogP contribution in [0.2, 0.25) is 0 Å². The van der Waals surface area contributed by atoms with Crippen LogP contribution in [0.4, 0.5) is 18.9 Å². The second-order valence-electron chi connectivity index (χ2n) is 4.83. The van der Waals surface area contributed by atoms with Gasteiger partial charge in [0.15, 0.2) is 24.8 Å². The van der Waals surface area contributed by atoms with Gasteiger partial charge in [0.2, 0.25) is 0 Å². The van der Waals surface area contributed by atoms with Gasteiger partial charge in [0.05, 0.1) is 0 Å². The minimum Gasteiger partial charge on any atom is -0.479 e. The zero-order valence-electron chi connectivity index (χ0n) is 13.3. The van der Waals surface area contributed by atoms with Crippen molar-refractivity contribution in [2.24, 2.45) is 0 Å². The van der Waals surface area contributed by atoms with Crippen molar-refractivity contribution in [3.05, 3.63) is 54.3 Å². The van der Waals surface area contributed by atoms with Crippen LogP contribution >= 0.6 is 11.8 Å². The van der Waals surface area contributed by atoms with Gasteiger partial charge < -0.3 is 14.8 Å². The quantitative estimate of drug-likeness (QED) is 0.555. The zero-order chi connectivity index (χ0) is 18.9. The molecule has 0 atom stereocenters. The number of nitrogens with one attached hydrogen (secondary N) is 1. The Morgan fingerprint density at radius 2 is 1.73 bits per heavy atom. The Labute approximate surface area is 151 Å². The van der Waals surface area contributed by atoms with E-state index in [0.29, 0.717) is 22.3 Å². The number of esters is 1. The number of carbonyl (C=O) groups excluding carboxylic acids is 2. The minimum atomic E-state index is -2.53. The van der Waals surface area contributed by atoms with Crippen LogP contribution in [0, 0.1) is 5.82 Å². The Bertz CT molecular complexity index is 756. The molecule has 0 fully saturated rings. The van der Waals surface area contributed by atoms with Gasteiger partial charge >= 0.3 is 5.97 Å². The summed E-state index contributed by atoms with van der Waals surface area (Å²) in [4.78, 5) is 23.6. The van der Waals surface area contributed by atoms with Gasteiger partial charge in [-0.3, -0.25) is 4.79 Å². The molecule has 0 saturated heterocycles. The van der Waals surface area contributed by atoms with Crippen LogP contribution in [-0.2, 0) is 14.3 Å². The highest BCUT2D eigenvalue weighted by Crippen LogP contribution is 2.26. The average Bonchev–Trinajstić information content (AvgIpc) is 2.60. The number of alkyl halides is 2. The van der Waals surface area contributed by atoms with E-state index in [1.165, 1.54) is 42.5 Å². The number of hydrogen-bond donors (Lipinski definition) is 1. The smallest absolute Gasteiger partial charge is 0.344 e. The van der Waals surface area contributed by atoms with E-state index >= 15 is 0 Å². The summed E-state index contributed by atoms with van der Waals surface area (Å²) in [6.45, 7) is -1.11. The molecule has 1 amide bonds. The largest absolute Gasteiger partial charge is 0.479 e. The Morgan fingerprint density at radius 3 is 2.38 bits per heavy atom. The molecule has 2 aromatic carbocycles. The lowest BCUT2D eigenvalue weighted by atomic mass is 10.3. The molecule has 138 valence electrons. The maximum absolute atomic E-state index is 13.3. The van der Waals surface area contributed by atoms with E-state index in [9.17, 15) is 22.8 Å². The first kappa shape index (κ1) is 19.6. The Balaban J connectivity index is 1.72. The first-order chi connectivity index (χ1) is 12.4. The number of rotatable bonds is 8. The number of ether oxygens (including phenoxy) is 2. The van der Waals surface area contributed by atoms with Crippen molar-refractivity contribution in [3.8, 4) is 5.75 Å². The molecular formula is C17H14F3NO4S. The summed E-state index contributed by atoms with van der Waals surface area (Å²) >= 11 is 0.389. The van der Waals surface area contributed by atoms with Gasteiger partial charge in [0, 0.05) is 10.6 Å². The average molecular weight is 385 g/mol. The first-order valence-corrected chi connectivity index (χ1v) is 8.19. The van der Waals surface area contributed by atoms with Crippen LogP contribution in [0.25, 0.3) is 0 Å². The van der Waals surface area contributed by atoms with Crippen LogP contribution in [0.15, 0.2) is 53.4 Å². The van der Waals surface area contributed by atoms with Gasteiger partial charge in [-0.1, -0.05) is 23.9 Å². The number of halogens is 3. The molecule has 0 spiro atoms. The van der Waals surface area contributed by atoms with Crippen molar-refractivity contribution in [2.45, 2.75) is 10.7 Å². The molecule has 0 radical (unpaired) electrons. The molecule has 0 unspecified atom stereocenters. The number of amides is 1. The van der Waals surface area contributed by atoms with Crippen molar-refractivity contribution in [2.75, 3.05) is 18.5 Å². The second-order valence-corrected chi connectivity index (χ2v) is 5.89. The van der Waals surface area contributed by atoms with Gasteiger partial charge in [-0.15, -0.1) is 0 Å². The summed E-state index contributed by atoms with van der Waals surface area (Å²) in [5.74, 6) is -4.70. The summed E-state index contributed by atoms with van der Waals surface area (Å²) in [6, 6.07) is 11.3. The number of para-hydroxylation sites is 1. The van der Waals surface area contributed by atoms with Gasteiger partial charge in [-0.25, -0.2) is 9.18 Å². The van der Waals surface area contributed by atoms with Crippen LogP contribution in [0.1, 0.15) is 0 Å². The fourth-order valence-electron chi connectivity index (χ4n) is 1.80. The van der Waals surface area contributed by atoms with E-state index in [0.717, 1.165) is 0 Å². The number of hydrogen-bond acceptors (Lipinski definition) is 5. The summed E-state index contributed by atoms with van der Waals surface area (Å²) in [5.41, 5.74) is 0.368. The molecule has 2 aromatic rings. The van der Waals surface area contributed by atoms with Gasteiger partial charge in [0.1, 0.15) is 0 Å². The van der Waals surface area contributed by atoms with Gasteiger partial charge in [-0.2, -0.15) is 8.78 Å². The van der Waals surface area contributed by atoms with E-state index < -0.39 is 36.7 Å². The standard InChI is InChI=1S/C17H14F3NO4S/c18-13-3-1-2-4-14(13)24-10-16(23)25-9-15(22)21-11-5-7-12(8-6-11)26-17(19)20/h1-8,17H,9-10H2,(H,21,22). The van der Waals surface area contributed by atoms with Crippen molar-refractivity contribution in [1.82, 2.24) is 0 Å². The monoisotopic (exact) mass is 385 g/mol. The molecule has 0 saturated carbocycles. The predicted molar refractivity (Wildman–Crippen MR) is 89.8 cm³/mol. The first-order valence-electron chi connectivity index (χ1n) is 7.31. The van der Waals surface area contributed by atoms with Crippen molar-refractivity contribution >= 4 is 29.3 Å². The second kappa shape index (κ2) is 9.71. The molecule has 0 bridgehead atoms. The number of carbonyl (C=O) groups is 2. The van der Waals surface area contributed by atoms with Crippen molar-refractivity contribution < 1.29 is 32.2 Å². The normalized spacial score (nSPS) is 10.5. The van der Waals surface area contributed by atoms with Crippen LogP contribution in [0.3, 0.4) is 0 Å². The molecule has 0 aromatic heterocycles. The van der Waals surface area contributed by atoms with E-state index in [1.807, 2.05) is 0 Å². The third kappa shape index (κ3) is 6.67. The Morgan fingerprint density at radius 1 is 1.04 bits per heavy atom. The summed E-state index contributed by atoms with van der Waals surface area (Å²) in [5, 5.41) is 2.45. The topological polar surface area (TPSA) is 64.6 Å². The third-order valence-corrected chi connectivity index (χ3v) is 3.63. The van der Waals surface area contributed by atoms with Gasteiger partial charge in [0.25, 0.3) is 11.7 Å². The van der Waals surface area contributed by atoms with Crippen molar-refractivity contribution in [1.29, 1.82) is 0 Å². The molecule has 0 aliphatic carbocycles. The van der Waals surface area contributed by atoms with Crippen molar-refractivity contribution in [3.63, 3.8) is 0 Å².